The van der Waals surface area contributed by atoms with Crippen molar-refractivity contribution in [2.45, 2.75) is 26.0 Å². The molecule has 4 nitrogen and oxygen atoms in total. The molecule has 0 amide bonds. The van der Waals surface area contributed by atoms with E-state index in [0.29, 0.717) is 12.6 Å². The first-order valence-electron chi connectivity index (χ1n) is 6.98. The third kappa shape index (κ3) is 2.65. The SMILES string of the molecule is C[C@H]1CNCCN1CCc1ccc2c(c1)COC2=O. The van der Waals surface area contributed by atoms with Crippen LogP contribution in [-0.4, -0.2) is 43.1 Å². The van der Waals surface area contributed by atoms with E-state index in [9.17, 15) is 4.79 Å². The van der Waals surface area contributed by atoms with Gasteiger partial charge < -0.3 is 10.1 Å². The van der Waals surface area contributed by atoms with Crippen molar-refractivity contribution in [3.63, 3.8) is 0 Å². The van der Waals surface area contributed by atoms with E-state index in [1.807, 2.05) is 6.07 Å². The molecule has 0 aliphatic carbocycles. The highest BCUT2D eigenvalue weighted by atomic mass is 16.5. The summed E-state index contributed by atoms with van der Waals surface area (Å²) in [5.74, 6) is -0.183. The van der Waals surface area contributed by atoms with E-state index in [2.05, 4.69) is 29.3 Å². The standard InChI is InChI=1S/C15H20N2O2/c1-11-9-16-5-7-17(11)6-4-12-2-3-14-13(8-12)10-19-15(14)18/h2-3,8,11,16H,4-7,9-10H2,1H3/t11-/m0/s1. The highest BCUT2D eigenvalue weighted by Gasteiger charge is 2.21. The molecule has 1 saturated heterocycles. The van der Waals surface area contributed by atoms with Crippen LogP contribution < -0.4 is 5.32 Å². The van der Waals surface area contributed by atoms with Crippen LogP contribution in [0.5, 0.6) is 0 Å². The zero-order chi connectivity index (χ0) is 13.2. The first-order valence-corrected chi connectivity index (χ1v) is 6.98. The number of benzene rings is 1. The molecule has 0 bridgehead atoms. The lowest BCUT2D eigenvalue weighted by Crippen LogP contribution is -2.50. The average Bonchev–Trinajstić information content (AvgIpc) is 2.79. The summed E-state index contributed by atoms with van der Waals surface area (Å²) >= 11 is 0. The zero-order valence-electron chi connectivity index (χ0n) is 11.3. The number of hydrogen-bond acceptors (Lipinski definition) is 4. The van der Waals surface area contributed by atoms with Crippen LogP contribution in [0.25, 0.3) is 0 Å². The van der Waals surface area contributed by atoms with E-state index in [1.54, 1.807) is 0 Å². The lowest BCUT2D eigenvalue weighted by atomic mass is 10.0. The fourth-order valence-corrected chi connectivity index (χ4v) is 2.83. The van der Waals surface area contributed by atoms with Crippen LogP contribution in [0.3, 0.4) is 0 Å². The summed E-state index contributed by atoms with van der Waals surface area (Å²) in [5.41, 5.74) is 3.07. The van der Waals surface area contributed by atoms with Crippen LogP contribution in [0.1, 0.15) is 28.4 Å². The van der Waals surface area contributed by atoms with Gasteiger partial charge in [-0.15, -0.1) is 0 Å². The molecule has 1 aromatic carbocycles. The van der Waals surface area contributed by atoms with Crippen LogP contribution in [-0.2, 0) is 17.8 Å². The molecule has 1 N–H and O–H groups in total. The van der Waals surface area contributed by atoms with Crippen LogP contribution in [0.4, 0.5) is 0 Å². The van der Waals surface area contributed by atoms with Gasteiger partial charge in [-0.05, 0) is 25.0 Å². The molecule has 1 atom stereocenters. The average molecular weight is 260 g/mol. The molecule has 0 saturated carbocycles. The number of cyclic esters (lactones) is 1. The molecule has 1 fully saturated rings. The number of fused-ring (bicyclic) bond motifs is 1. The molecule has 0 spiro atoms. The maximum absolute atomic E-state index is 11.4. The van der Waals surface area contributed by atoms with Gasteiger partial charge in [0, 0.05) is 37.8 Å². The third-order valence-corrected chi connectivity index (χ3v) is 4.07. The molecule has 102 valence electrons. The summed E-state index contributed by atoms with van der Waals surface area (Å²) in [6.07, 6.45) is 1.03. The zero-order valence-corrected chi connectivity index (χ0v) is 11.3. The predicted octanol–water partition coefficient (Wildman–Crippen LogP) is 1.19. The van der Waals surface area contributed by atoms with Crippen molar-refractivity contribution in [1.82, 2.24) is 10.2 Å². The monoisotopic (exact) mass is 260 g/mol. The fourth-order valence-electron chi connectivity index (χ4n) is 2.83. The Labute approximate surface area is 113 Å². The van der Waals surface area contributed by atoms with Crippen LogP contribution in [0.15, 0.2) is 18.2 Å². The van der Waals surface area contributed by atoms with Gasteiger partial charge in [0.2, 0.25) is 0 Å². The van der Waals surface area contributed by atoms with Gasteiger partial charge in [-0.3, -0.25) is 4.90 Å². The lowest BCUT2D eigenvalue weighted by molar-refractivity contribution is 0.0535. The number of nitrogens with one attached hydrogen (secondary N) is 1. The molecule has 2 aliphatic heterocycles. The minimum Gasteiger partial charge on any atom is -0.457 e. The van der Waals surface area contributed by atoms with Crippen LogP contribution in [0.2, 0.25) is 0 Å². The van der Waals surface area contributed by atoms with E-state index in [0.717, 1.165) is 43.7 Å². The van der Waals surface area contributed by atoms with Gasteiger partial charge in [-0.25, -0.2) is 4.79 Å². The smallest absolute Gasteiger partial charge is 0.338 e. The molecule has 0 radical (unpaired) electrons. The summed E-state index contributed by atoms with van der Waals surface area (Å²) in [7, 11) is 0. The van der Waals surface area contributed by atoms with Crippen LogP contribution in [0, 0.1) is 0 Å². The molecular weight excluding hydrogens is 240 g/mol. The molecule has 0 aromatic heterocycles. The van der Waals surface area contributed by atoms with E-state index in [4.69, 9.17) is 4.74 Å². The van der Waals surface area contributed by atoms with Crippen molar-refractivity contribution in [2.75, 3.05) is 26.2 Å². The van der Waals surface area contributed by atoms with Crippen molar-refractivity contribution in [3.05, 3.63) is 34.9 Å². The number of esters is 1. The Bertz CT molecular complexity index is 487. The fraction of sp³-hybridized carbons (Fsp3) is 0.533. The van der Waals surface area contributed by atoms with Crippen molar-refractivity contribution >= 4 is 5.97 Å². The molecule has 2 heterocycles. The molecule has 2 aliphatic rings. The number of piperazine rings is 1. The van der Waals surface area contributed by atoms with E-state index in [1.165, 1.54) is 5.56 Å². The van der Waals surface area contributed by atoms with Gasteiger partial charge in [0.25, 0.3) is 0 Å². The van der Waals surface area contributed by atoms with Gasteiger partial charge >= 0.3 is 5.97 Å². The number of hydrogen-bond donors (Lipinski definition) is 1. The van der Waals surface area contributed by atoms with Gasteiger partial charge in [-0.1, -0.05) is 12.1 Å². The van der Waals surface area contributed by atoms with E-state index in [-0.39, 0.29) is 5.97 Å². The summed E-state index contributed by atoms with van der Waals surface area (Å²) in [6, 6.07) is 6.68. The number of rotatable bonds is 3. The molecular formula is C15H20N2O2. The van der Waals surface area contributed by atoms with Crippen molar-refractivity contribution in [2.24, 2.45) is 0 Å². The maximum Gasteiger partial charge on any atom is 0.338 e. The predicted molar refractivity (Wildman–Crippen MR) is 73.2 cm³/mol. The van der Waals surface area contributed by atoms with E-state index >= 15 is 0 Å². The maximum atomic E-state index is 11.4. The van der Waals surface area contributed by atoms with Gasteiger partial charge in [0.15, 0.2) is 0 Å². The Kier molecular flexibility index (Phi) is 3.53. The Balaban J connectivity index is 1.63. The Morgan fingerprint density at radius 2 is 2.37 bits per heavy atom. The summed E-state index contributed by atoms with van der Waals surface area (Å²) in [6.45, 7) is 7.06. The van der Waals surface area contributed by atoms with Crippen molar-refractivity contribution in [1.29, 1.82) is 0 Å². The van der Waals surface area contributed by atoms with E-state index < -0.39 is 0 Å². The van der Waals surface area contributed by atoms with Gasteiger partial charge in [0.1, 0.15) is 6.61 Å². The first-order chi connectivity index (χ1) is 9.24. The third-order valence-electron chi connectivity index (χ3n) is 4.07. The number of carbonyl (C=O) groups excluding carboxylic acids is 1. The first kappa shape index (κ1) is 12.6. The molecule has 0 unspecified atom stereocenters. The second kappa shape index (κ2) is 5.31. The largest absolute Gasteiger partial charge is 0.457 e. The van der Waals surface area contributed by atoms with Crippen molar-refractivity contribution < 1.29 is 9.53 Å². The topological polar surface area (TPSA) is 41.6 Å². The molecule has 3 rings (SSSR count). The Morgan fingerprint density at radius 3 is 3.21 bits per heavy atom. The highest BCUT2D eigenvalue weighted by Crippen LogP contribution is 2.21. The number of carbonyl (C=O) groups is 1. The quantitative estimate of drug-likeness (QED) is 0.829. The second-order valence-corrected chi connectivity index (χ2v) is 5.41. The number of nitrogens with zero attached hydrogens (tertiary/aromatic N) is 1. The number of ether oxygens (including phenoxy) is 1. The molecule has 19 heavy (non-hydrogen) atoms. The Morgan fingerprint density at radius 1 is 1.47 bits per heavy atom. The molecule has 1 aromatic rings. The Hall–Kier alpha value is -1.39. The van der Waals surface area contributed by atoms with Crippen molar-refractivity contribution in [3.8, 4) is 0 Å². The summed E-state index contributed by atoms with van der Waals surface area (Å²) in [4.78, 5) is 13.9. The van der Waals surface area contributed by atoms with Crippen LogP contribution >= 0.6 is 0 Å². The highest BCUT2D eigenvalue weighted by molar-refractivity contribution is 5.93. The summed E-state index contributed by atoms with van der Waals surface area (Å²) < 4.78 is 5.03. The lowest BCUT2D eigenvalue weighted by Gasteiger charge is -2.33. The summed E-state index contributed by atoms with van der Waals surface area (Å²) in [5, 5.41) is 3.41. The molecule has 4 heteroatoms. The minimum absolute atomic E-state index is 0.183. The van der Waals surface area contributed by atoms with Gasteiger partial charge in [-0.2, -0.15) is 0 Å². The minimum atomic E-state index is -0.183. The second-order valence-electron chi connectivity index (χ2n) is 5.41. The normalized spacial score (nSPS) is 23.2. The van der Waals surface area contributed by atoms with Gasteiger partial charge in [0.05, 0.1) is 5.56 Å².